The number of benzene rings is 2. The minimum absolute atomic E-state index is 0.0512. The van der Waals surface area contributed by atoms with Gasteiger partial charge in [0.15, 0.2) is 0 Å². The highest BCUT2D eigenvalue weighted by atomic mass is 16.5. The van der Waals surface area contributed by atoms with E-state index >= 15 is 0 Å². The third-order valence-electron chi connectivity index (χ3n) is 8.60. The van der Waals surface area contributed by atoms with Gasteiger partial charge in [-0.15, -0.1) is 0 Å². The number of ether oxygens (including phenoxy) is 1. The summed E-state index contributed by atoms with van der Waals surface area (Å²) in [6.45, 7) is 5.21. The molecule has 0 unspecified atom stereocenters. The first-order chi connectivity index (χ1) is 18.6. The van der Waals surface area contributed by atoms with Crippen molar-refractivity contribution in [2.75, 3.05) is 51.3 Å². The predicted molar refractivity (Wildman–Crippen MR) is 151 cm³/mol. The van der Waals surface area contributed by atoms with Gasteiger partial charge >= 0.3 is 0 Å². The molecule has 204 valence electrons. The molecule has 2 aromatic carbocycles. The van der Waals surface area contributed by atoms with E-state index in [2.05, 4.69) is 21.2 Å². The maximum Gasteiger partial charge on any atom is 0.256 e. The lowest BCUT2D eigenvalue weighted by Crippen LogP contribution is -2.52. The normalized spacial score (nSPS) is 20.1. The van der Waals surface area contributed by atoms with Crippen LogP contribution in [0.15, 0.2) is 48.5 Å². The molecule has 7 nitrogen and oxygen atoms in total. The molecule has 38 heavy (non-hydrogen) atoms. The number of methoxy groups -OCH3 is 1. The number of carbonyl (C=O) groups excluding carboxylic acids is 2. The summed E-state index contributed by atoms with van der Waals surface area (Å²) in [5.41, 5.74) is 2.46. The van der Waals surface area contributed by atoms with Gasteiger partial charge in [-0.05, 0) is 62.1 Å². The number of piperidine rings is 1. The van der Waals surface area contributed by atoms with E-state index in [9.17, 15) is 9.59 Å². The van der Waals surface area contributed by atoms with Crippen LogP contribution in [0, 0.1) is 0 Å². The van der Waals surface area contributed by atoms with Gasteiger partial charge in [0.1, 0.15) is 5.75 Å². The number of nitrogens with zero attached hydrogens (tertiary/aromatic N) is 3. The molecule has 2 amide bonds. The van der Waals surface area contributed by atoms with Crippen molar-refractivity contribution >= 4 is 17.5 Å². The molecule has 5 rings (SSSR count). The van der Waals surface area contributed by atoms with Crippen LogP contribution in [0.2, 0.25) is 0 Å². The van der Waals surface area contributed by atoms with Crippen LogP contribution in [0.25, 0.3) is 0 Å². The molecular formula is C31H42N4O3. The number of rotatable bonds is 6. The minimum atomic E-state index is -0.0512. The highest BCUT2D eigenvalue weighted by molar-refractivity contribution is 6.00. The van der Waals surface area contributed by atoms with Gasteiger partial charge in [0.25, 0.3) is 11.8 Å². The molecule has 0 bridgehead atoms. The Kier molecular flexibility index (Phi) is 8.84. The SMILES string of the molecule is COc1ccc(C(=O)NC2CCN(c3ccccc3C(=O)N3CCN(C4CCCCCC4)CC3)CC2)cc1. The number of hydrogen-bond acceptors (Lipinski definition) is 5. The highest BCUT2D eigenvalue weighted by Gasteiger charge is 2.29. The second-order valence-electron chi connectivity index (χ2n) is 11.0. The molecule has 2 saturated heterocycles. The van der Waals surface area contributed by atoms with Gasteiger partial charge in [0, 0.05) is 62.6 Å². The van der Waals surface area contributed by atoms with Crippen molar-refractivity contribution in [1.29, 1.82) is 0 Å². The Hall–Kier alpha value is -3.06. The Morgan fingerprint density at radius 3 is 2.11 bits per heavy atom. The zero-order chi connectivity index (χ0) is 26.3. The summed E-state index contributed by atoms with van der Waals surface area (Å²) in [7, 11) is 1.62. The second kappa shape index (κ2) is 12.7. The van der Waals surface area contributed by atoms with Gasteiger partial charge in [-0.2, -0.15) is 0 Å². The minimum Gasteiger partial charge on any atom is -0.497 e. The van der Waals surface area contributed by atoms with E-state index in [1.807, 2.05) is 35.2 Å². The summed E-state index contributed by atoms with van der Waals surface area (Å²) in [5, 5.41) is 3.18. The van der Waals surface area contributed by atoms with E-state index in [0.29, 0.717) is 11.6 Å². The van der Waals surface area contributed by atoms with Crippen molar-refractivity contribution in [1.82, 2.24) is 15.1 Å². The third kappa shape index (κ3) is 6.32. The molecular weight excluding hydrogens is 476 g/mol. The molecule has 1 aliphatic carbocycles. The summed E-state index contributed by atoms with van der Waals surface area (Å²) in [4.78, 5) is 33.3. The number of piperazine rings is 1. The fourth-order valence-electron chi connectivity index (χ4n) is 6.29. The van der Waals surface area contributed by atoms with Gasteiger partial charge in [0.05, 0.1) is 12.7 Å². The van der Waals surface area contributed by atoms with E-state index in [1.165, 1.54) is 38.5 Å². The molecule has 1 N–H and O–H groups in total. The number of anilines is 1. The van der Waals surface area contributed by atoms with Gasteiger partial charge in [0.2, 0.25) is 0 Å². The zero-order valence-corrected chi connectivity index (χ0v) is 22.7. The van der Waals surface area contributed by atoms with Crippen LogP contribution in [0.5, 0.6) is 5.75 Å². The molecule has 3 fully saturated rings. The summed E-state index contributed by atoms with van der Waals surface area (Å²) in [6, 6.07) is 16.1. The second-order valence-corrected chi connectivity index (χ2v) is 11.0. The van der Waals surface area contributed by atoms with Gasteiger partial charge in [-0.25, -0.2) is 0 Å². The van der Waals surface area contributed by atoms with Crippen LogP contribution in [0.3, 0.4) is 0 Å². The topological polar surface area (TPSA) is 65.1 Å². The van der Waals surface area contributed by atoms with E-state index in [0.717, 1.165) is 69.1 Å². The molecule has 0 atom stereocenters. The fraction of sp³-hybridized carbons (Fsp3) is 0.548. The van der Waals surface area contributed by atoms with Crippen LogP contribution < -0.4 is 15.0 Å². The smallest absolute Gasteiger partial charge is 0.256 e. The van der Waals surface area contributed by atoms with Gasteiger partial charge < -0.3 is 19.9 Å². The summed E-state index contributed by atoms with van der Waals surface area (Å²) >= 11 is 0. The standard InChI is InChI=1S/C31H42N4O3/c1-38-27-14-12-24(13-15-27)30(36)32-25-16-18-34(19-17-25)29-11-7-6-10-28(29)31(37)35-22-20-33(21-23-35)26-8-4-2-3-5-9-26/h6-7,10-15,25-26H,2-5,8-9,16-23H2,1H3,(H,32,36). The first-order valence-electron chi connectivity index (χ1n) is 14.4. The van der Waals surface area contributed by atoms with Crippen molar-refractivity contribution in [3.05, 3.63) is 59.7 Å². The van der Waals surface area contributed by atoms with Crippen molar-refractivity contribution in [3.63, 3.8) is 0 Å². The Balaban J connectivity index is 1.15. The van der Waals surface area contributed by atoms with Crippen LogP contribution in [-0.2, 0) is 0 Å². The average Bonchev–Trinajstić information content (AvgIpc) is 3.27. The number of para-hydroxylation sites is 1. The van der Waals surface area contributed by atoms with Crippen LogP contribution >= 0.6 is 0 Å². The number of hydrogen-bond donors (Lipinski definition) is 1. The fourth-order valence-corrected chi connectivity index (χ4v) is 6.29. The van der Waals surface area contributed by atoms with Crippen LogP contribution in [0.1, 0.15) is 72.1 Å². The lowest BCUT2D eigenvalue weighted by atomic mass is 10.0. The summed E-state index contributed by atoms with van der Waals surface area (Å²) < 4.78 is 5.19. The van der Waals surface area contributed by atoms with E-state index < -0.39 is 0 Å². The molecule has 1 saturated carbocycles. The average molecular weight is 519 g/mol. The zero-order valence-electron chi connectivity index (χ0n) is 22.7. The molecule has 0 radical (unpaired) electrons. The summed E-state index contributed by atoms with van der Waals surface area (Å²) in [6.07, 6.45) is 9.77. The lowest BCUT2D eigenvalue weighted by Gasteiger charge is -2.40. The van der Waals surface area contributed by atoms with Crippen LogP contribution in [0.4, 0.5) is 5.69 Å². The predicted octanol–water partition coefficient (Wildman–Crippen LogP) is 4.57. The van der Waals surface area contributed by atoms with Crippen molar-refractivity contribution in [3.8, 4) is 5.75 Å². The van der Waals surface area contributed by atoms with E-state index in [1.54, 1.807) is 19.2 Å². The Morgan fingerprint density at radius 1 is 0.789 bits per heavy atom. The quantitative estimate of drug-likeness (QED) is 0.568. The monoisotopic (exact) mass is 518 g/mol. The highest BCUT2D eigenvalue weighted by Crippen LogP contribution is 2.27. The van der Waals surface area contributed by atoms with E-state index in [4.69, 9.17) is 4.74 Å². The van der Waals surface area contributed by atoms with E-state index in [-0.39, 0.29) is 17.9 Å². The third-order valence-corrected chi connectivity index (χ3v) is 8.60. The summed E-state index contributed by atoms with van der Waals surface area (Å²) in [5.74, 6) is 0.838. The number of carbonyl (C=O) groups is 2. The molecule has 2 heterocycles. The largest absolute Gasteiger partial charge is 0.497 e. The molecule has 0 aromatic heterocycles. The molecule has 0 spiro atoms. The molecule has 2 aliphatic heterocycles. The molecule has 7 heteroatoms. The first kappa shape index (κ1) is 26.5. The van der Waals surface area contributed by atoms with Gasteiger partial charge in [-0.1, -0.05) is 37.8 Å². The number of amides is 2. The Bertz CT molecular complexity index is 1060. The van der Waals surface area contributed by atoms with Crippen molar-refractivity contribution in [2.24, 2.45) is 0 Å². The molecule has 2 aromatic rings. The van der Waals surface area contributed by atoms with Crippen molar-refractivity contribution < 1.29 is 14.3 Å². The van der Waals surface area contributed by atoms with Crippen LogP contribution in [-0.4, -0.2) is 80.1 Å². The first-order valence-corrected chi connectivity index (χ1v) is 14.4. The Labute approximate surface area is 227 Å². The maximum absolute atomic E-state index is 13.6. The van der Waals surface area contributed by atoms with Crippen molar-refractivity contribution in [2.45, 2.75) is 63.5 Å². The number of nitrogens with one attached hydrogen (secondary N) is 1. The maximum atomic E-state index is 13.6. The lowest BCUT2D eigenvalue weighted by molar-refractivity contribution is 0.0552. The molecule has 3 aliphatic rings. The van der Waals surface area contributed by atoms with Gasteiger partial charge in [-0.3, -0.25) is 14.5 Å². The Morgan fingerprint density at radius 2 is 1.45 bits per heavy atom.